The molecule has 2 aliphatic heterocycles. The van der Waals surface area contributed by atoms with Gasteiger partial charge in [-0.1, -0.05) is 0 Å². The van der Waals surface area contributed by atoms with Crippen LogP contribution in [-0.4, -0.2) is 94.6 Å². The Morgan fingerprint density at radius 2 is 1.96 bits per heavy atom. The molecule has 7 nitrogen and oxygen atoms in total. The minimum atomic E-state index is 0.204. The molecule has 2 saturated heterocycles. The maximum atomic E-state index is 12.7. The van der Waals surface area contributed by atoms with Gasteiger partial charge in [0.15, 0.2) is 0 Å². The van der Waals surface area contributed by atoms with Crippen LogP contribution in [0.3, 0.4) is 0 Å². The minimum Gasteiger partial charge on any atom is -0.395 e. The van der Waals surface area contributed by atoms with Crippen LogP contribution in [0.5, 0.6) is 0 Å². The van der Waals surface area contributed by atoms with E-state index in [0.29, 0.717) is 12.5 Å². The van der Waals surface area contributed by atoms with Crippen LogP contribution in [0.1, 0.15) is 30.1 Å². The van der Waals surface area contributed by atoms with E-state index in [2.05, 4.69) is 19.8 Å². The highest BCUT2D eigenvalue weighted by molar-refractivity contribution is 5.78. The fraction of sp³-hybridized carbons (Fsp3) is 0.722. The zero-order chi connectivity index (χ0) is 17.6. The van der Waals surface area contributed by atoms with Gasteiger partial charge in [0.1, 0.15) is 0 Å². The topological polar surface area (TPSA) is 72.8 Å². The van der Waals surface area contributed by atoms with Crippen LogP contribution in [0.4, 0.5) is 0 Å². The Hall–Kier alpha value is -1.57. The summed E-state index contributed by atoms with van der Waals surface area (Å²) in [5.74, 6) is 0.521. The number of aliphatic hydroxyl groups is 1. The van der Waals surface area contributed by atoms with Gasteiger partial charge in [0.2, 0.25) is 5.91 Å². The number of carbonyl (C=O) groups is 1. The zero-order valence-electron chi connectivity index (χ0n) is 15.1. The molecule has 1 atom stereocenters. The number of nitrogens with zero attached hydrogens (tertiary/aromatic N) is 5. The predicted molar refractivity (Wildman–Crippen MR) is 95.3 cm³/mol. The molecular formula is C18H29N5O2. The quantitative estimate of drug-likeness (QED) is 0.815. The lowest BCUT2D eigenvalue weighted by atomic mass is 9.95. The second kappa shape index (κ2) is 8.69. The Balaban J connectivity index is 1.50. The molecule has 1 N–H and O–H groups in total. The van der Waals surface area contributed by atoms with E-state index in [1.807, 2.05) is 18.0 Å². The molecule has 3 heterocycles. The number of hydrogen-bond acceptors (Lipinski definition) is 6. The lowest BCUT2D eigenvalue weighted by Gasteiger charge is -2.37. The SMILES string of the molecule is Cc1cncc([C@H]2CCCN(C(=O)CN3CCN(CCO)CC3)C2)n1. The van der Waals surface area contributed by atoms with Crippen molar-refractivity contribution in [3.63, 3.8) is 0 Å². The Labute approximate surface area is 149 Å². The molecule has 0 unspecified atom stereocenters. The van der Waals surface area contributed by atoms with E-state index in [9.17, 15) is 4.79 Å². The van der Waals surface area contributed by atoms with Crippen molar-refractivity contribution in [1.82, 2.24) is 24.7 Å². The Bertz CT molecular complexity index is 574. The van der Waals surface area contributed by atoms with Crippen molar-refractivity contribution in [3.8, 4) is 0 Å². The smallest absolute Gasteiger partial charge is 0.236 e. The van der Waals surface area contributed by atoms with Crippen molar-refractivity contribution in [2.75, 3.05) is 59.0 Å². The number of β-amino-alcohol motifs (C(OH)–C–C–N with tert-alkyl or cyclic N) is 1. The van der Waals surface area contributed by atoms with Gasteiger partial charge in [0, 0.05) is 64.1 Å². The first kappa shape index (κ1) is 18.2. The Morgan fingerprint density at radius 1 is 1.20 bits per heavy atom. The van der Waals surface area contributed by atoms with E-state index in [1.54, 1.807) is 6.20 Å². The molecule has 0 radical (unpaired) electrons. The van der Waals surface area contributed by atoms with Crippen LogP contribution in [0.2, 0.25) is 0 Å². The Kier molecular flexibility index (Phi) is 6.34. The molecule has 1 aromatic heterocycles. The number of aliphatic hydroxyl groups excluding tert-OH is 1. The van der Waals surface area contributed by atoms with Gasteiger partial charge in [-0.15, -0.1) is 0 Å². The van der Waals surface area contributed by atoms with Crippen LogP contribution in [0, 0.1) is 6.92 Å². The number of hydrogen-bond donors (Lipinski definition) is 1. The number of carbonyl (C=O) groups excluding carboxylic acids is 1. The summed E-state index contributed by atoms with van der Waals surface area (Å²) in [5, 5.41) is 9.01. The van der Waals surface area contributed by atoms with E-state index >= 15 is 0 Å². The van der Waals surface area contributed by atoms with E-state index in [1.165, 1.54) is 0 Å². The van der Waals surface area contributed by atoms with Crippen molar-refractivity contribution in [1.29, 1.82) is 0 Å². The molecule has 0 saturated carbocycles. The lowest BCUT2D eigenvalue weighted by Crippen LogP contribution is -2.51. The van der Waals surface area contributed by atoms with Crippen molar-refractivity contribution in [2.45, 2.75) is 25.7 Å². The van der Waals surface area contributed by atoms with Crippen molar-refractivity contribution in [2.24, 2.45) is 0 Å². The summed E-state index contributed by atoms with van der Waals surface area (Å²) >= 11 is 0. The number of amides is 1. The van der Waals surface area contributed by atoms with Crippen LogP contribution in [0.15, 0.2) is 12.4 Å². The standard InChI is InChI=1S/C18H29N5O2/c1-15-11-19-12-17(20-15)16-3-2-4-23(13-16)18(25)14-22-7-5-21(6-8-22)9-10-24/h11-12,16,24H,2-10,13-14H2,1H3/t16-/m0/s1. The maximum Gasteiger partial charge on any atom is 0.236 e. The normalized spacial score (nSPS) is 23.0. The van der Waals surface area contributed by atoms with Gasteiger partial charge < -0.3 is 10.0 Å². The number of piperazine rings is 1. The van der Waals surface area contributed by atoms with E-state index in [4.69, 9.17) is 5.11 Å². The van der Waals surface area contributed by atoms with Crippen LogP contribution >= 0.6 is 0 Å². The molecule has 7 heteroatoms. The first-order valence-corrected chi connectivity index (χ1v) is 9.27. The van der Waals surface area contributed by atoms with E-state index in [-0.39, 0.29) is 12.5 Å². The number of aromatic nitrogens is 2. The second-order valence-electron chi connectivity index (χ2n) is 7.11. The molecular weight excluding hydrogens is 318 g/mol. The van der Waals surface area contributed by atoms with Gasteiger partial charge in [-0.25, -0.2) is 0 Å². The van der Waals surface area contributed by atoms with Crippen molar-refractivity contribution >= 4 is 5.91 Å². The third-order valence-electron chi connectivity index (χ3n) is 5.21. The predicted octanol–water partition coefficient (Wildman–Crippen LogP) is 0.101. The van der Waals surface area contributed by atoms with Crippen LogP contribution in [0.25, 0.3) is 0 Å². The summed E-state index contributed by atoms with van der Waals surface area (Å²) in [6.07, 6.45) is 5.70. The molecule has 1 amide bonds. The summed E-state index contributed by atoms with van der Waals surface area (Å²) in [6.45, 7) is 8.63. The molecule has 0 aliphatic carbocycles. The maximum absolute atomic E-state index is 12.7. The number of aryl methyl sites for hydroxylation is 1. The number of piperidine rings is 1. The highest BCUT2D eigenvalue weighted by Gasteiger charge is 2.27. The molecule has 0 bridgehead atoms. The summed E-state index contributed by atoms with van der Waals surface area (Å²) in [7, 11) is 0. The molecule has 2 aliphatic rings. The van der Waals surface area contributed by atoms with Crippen molar-refractivity contribution in [3.05, 3.63) is 23.8 Å². The highest BCUT2D eigenvalue weighted by Crippen LogP contribution is 2.25. The van der Waals surface area contributed by atoms with Gasteiger partial charge in [0.05, 0.1) is 24.5 Å². The number of rotatable bonds is 5. The monoisotopic (exact) mass is 347 g/mol. The molecule has 0 spiro atoms. The van der Waals surface area contributed by atoms with Crippen molar-refractivity contribution < 1.29 is 9.90 Å². The van der Waals surface area contributed by atoms with Gasteiger partial charge in [-0.05, 0) is 19.8 Å². The largest absolute Gasteiger partial charge is 0.395 e. The Morgan fingerprint density at radius 3 is 2.68 bits per heavy atom. The third kappa shape index (κ3) is 4.96. The first-order chi connectivity index (χ1) is 12.2. The molecule has 2 fully saturated rings. The lowest BCUT2D eigenvalue weighted by molar-refractivity contribution is -0.134. The summed E-state index contributed by atoms with van der Waals surface area (Å²) < 4.78 is 0. The highest BCUT2D eigenvalue weighted by atomic mass is 16.3. The molecule has 3 rings (SSSR count). The van der Waals surface area contributed by atoms with E-state index in [0.717, 1.165) is 70.0 Å². The van der Waals surface area contributed by atoms with Gasteiger partial charge >= 0.3 is 0 Å². The van der Waals surface area contributed by atoms with Crippen LogP contribution in [-0.2, 0) is 4.79 Å². The average Bonchev–Trinajstić information content (AvgIpc) is 2.64. The van der Waals surface area contributed by atoms with Gasteiger partial charge in [-0.2, -0.15) is 0 Å². The second-order valence-corrected chi connectivity index (χ2v) is 7.11. The average molecular weight is 347 g/mol. The third-order valence-corrected chi connectivity index (χ3v) is 5.21. The minimum absolute atomic E-state index is 0.204. The molecule has 1 aromatic rings. The summed E-state index contributed by atoms with van der Waals surface area (Å²) in [6, 6.07) is 0. The first-order valence-electron chi connectivity index (χ1n) is 9.27. The molecule has 0 aromatic carbocycles. The van der Waals surface area contributed by atoms with Gasteiger partial charge in [0.25, 0.3) is 0 Å². The van der Waals surface area contributed by atoms with Gasteiger partial charge in [-0.3, -0.25) is 24.6 Å². The zero-order valence-corrected chi connectivity index (χ0v) is 15.1. The summed E-state index contributed by atoms with van der Waals surface area (Å²) in [5.41, 5.74) is 1.94. The number of likely N-dealkylation sites (tertiary alicyclic amines) is 1. The fourth-order valence-corrected chi connectivity index (χ4v) is 3.73. The van der Waals surface area contributed by atoms with Crippen LogP contribution < -0.4 is 0 Å². The molecule has 138 valence electrons. The van der Waals surface area contributed by atoms with E-state index < -0.39 is 0 Å². The summed E-state index contributed by atoms with van der Waals surface area (Å²) in [4.78, 5) is 28.0. The fourth-order valence-electron chi connectivity index (χ4n) is 3.73. The molecule has 25 heavy (non-hydrogen) atoms.